The first kappa shape index (κ1) is 20.7. The summed E-state index contributed by atoms with van der Waals surface area (Å²) >= 11 is 0. The molecule has 0 spiro atoms. The predicted octanol–water partition coefficient (Wildman–Crippen LogP) is 3.37. The Kier molecular flexibility index (Phi) is 5.91. The molecule has 0 aliphatic rings. The maximum Gasteiger partial charge on any atom is 0.349 e. The number of esters is 1. The summed E-state index contributed by atoms with van der Waals surface area (Å²) < 4.78 is 10.4. The van der Waals surface area contributed by atoms with E-state index in [0.717, 1.165) is 12.5 Å². The Morgan fingerprint density at radius 2 is 1.93 bits per heavy atom. The summed E-state index contributed by atoms with van der Waals surface area (Å²) in [5.74, 6) is -1.23. The standard InChI is InChI=1S/C21H18N2O7/c1-3-8-22-19(24)16-9-13-6-7-15(11-18(13)30-21(16)26)29-20(25)14-5-4-12(2)17(10-14)23(27)28/h4-7,9-11H,3,8H2,1-2H3,(H,22,24). The van der Waals surface area contributed by atoms with Crippen LogP contribution >= 0.6 is 0 Å². The molecule has 0 aliphatic carbocycles. The first-order valence-corrected chi connectivity index (χ1v) is 9.13. The molecule has 3 rings (SSSR count). The molecule has 1 aromatic heterocycles. The molecule has 0 atom stereocenters. The fourth-order valence-electron chi connectivity index (χ4n) is 2.75. The molecule has 0 saturated carbocycles. The van der Waals surface area contributed by atoms with E-state index in [0.29, 0.717) is 17.5 Å². The number of nitrogens with one attached hydrogen (secondary N) is 1. The van der Waals surface area contributed by atoms with E-state index in [1.165, 1.54) is 36.4 Å². The summed E-state index contributed by atoms with van der Waals surface area (Å²) in [7, 11) is 0. The number of benzene rings is 2. The van der Waals surface area contributed by atoms with Crippen molar-refractivity contribution in [3.63, 3.8) is 0 Å². The molecular formula is C21H18N2O7. The minimum absolute atomic E-state index is 0.0109. The summed E-state index contributed by atoms with van der Waals surface area (Å²) in [5.41, 5.74) is -0.559. The lowest BCUT2D eigenvalue weighted by molar-refractivity contribution is -0.385. The van der Waals surface area contributed by atoms with Gasteiger partial charge in [0.05, 0.1) is 10.5 Å². The first-order valence-electron chi connectivity index (χ1n) is 9.13. The molecule has 0 aliphatic heterocycles. The van der Waals surface area contributed by atoms with E-state index in [9.17, 15) is 24.5 Å². The van der Waals surface area contributed by atoms with E-state index in [1.54, 1.807) is 6.92 Å². The van der Waals surface area contributed by atoms with Crippen molar-refractivity contribution in [1.29, 1.82) is 0 Å². The highest BCUT2D eigenvalue weighted by Crippen LogP contribution is 2.23. The second kappa shape index (κ2) is 8.56. The fourth-order valence-corrected chi connectivity index (χ4v) is 2.75. The van der Waals surface area contributed by atoms with Crippen molar-refractivity contribution in [2.75, 3.05) is 6.54 Å². The molecule has 0 bridgehead atoms. The van der Waals surface area contributed by atoms with Crippen LogP contribution in [0, 0.1) is 17.0 Å². The van der Waals surface area contributed by atoms with Gasteiger partial charge in [0.1, 0.15) is 16.9 Å². The number of rotatable bonds is 6. The maximum atomic E-state index is 12.4. The maximum absolute atomic E-state index is 12.4. The van der Waals surface area contributed by atoms with E-state index in [4.69, 9.17) is 9.15 Å². The molecule has 30 heavy (non-hydrogen) atoms. The average Bonchev–Trinajstić information content (AvgIpc) is 2.71. The molecule has 1 N–H and O–H groups in total. The Hall–Kier alpha value is -4.01. The smallest absolute Gasteiger partial charge is 0.349 e. The van der Waals surface area contributed by atoms with Crippen molar-refractivity contribution < 1.29 is 23.7 Å². The van der Waals surface area contributed by atoms with Crippen molar-refractivity contribution in [2.45, 2.75) is 20.3 Å². The van der Waals surface area contributed by atoms with Crippen LogP contribution in [-0.4, -0.2) is 23.3 Å². The molecule has 0 fully saturated rings. The summed E-state index contributed by atoms with van der Waals surface area (Å²) in [6.45, 7) is 3.89. The average molecular weight is 410 g/mol. The van der Waals surface area contributed by atoms with Gasteiger partial charge in [-0.2, -0.15) is 0 Å². The Morgan fingerprint density at radius 3 is 2.63 bits per heavy atom. The van der Waals surface area contributed by atoms with Crippen molar-refractivity contribution in [3.8, 4) is 5.75 Å². The second-order valence-electron chi connectivity index (χ2n) is 6.55. The van der Waals surface area contributed by atoms with Crippen molar-refractivity contribution in [3.05, 3.63) is 79.7 Å². The predicted molar refractivity (Wildman–Crippen MR) is 108 cm³/mol. The molecule has 154 valence electrons. The molecule has 3 aromatic rings. The van der Waals surface area contributed by atoms with Gasteiger partial charge in [0.25, 0.3) is 11.6 Å². The highest BCUT2D eigenvalue weighted by atomic mass is 16.6. The first-order chi connectivity index (χ1) is 14.3. The number of nitro benzene ring substituents is 1. The number of fused-ring (bicyclic) bond motifs is 1. The molecule has 0 saturated heterocycles. The van der Waals surface area contributed by atoms with Crippen molar-refractivity contribution in [1.82, 2.24) is 5.32 Å². The number of carbonyl (C=O) groups is 2. The van der Waals surface area contributed by atoms with Crippen LogP contribution in [0.2, 0.25) is 0 Å². The number of nitro groups is 1. The summed E-state index contributed by atoms with van der Waals surface area (Å²) in [5, 5.41) is 14.1. The number of ether oxygens (including phenoxy) is 1. The monoisotopic (exact) mass is 410 g/mol. The lowest BCUT2D eigenvalue weighted by atomic mass is 10.1. The van der Waals surface area contributed by atoms with Gasteiger partial charge in [-0.15, -0.1) is 0 Å². The van der Waals surface area contributed by atoms with Gasteiger partial charge in [0.15, 0.2) is 0 Å². The van der Waals surface area contributed by atoms with E-state index < -0.39 is 22.4 Å². The minimum atomic E-state index is -0.811. The quantitative estimate of drug-likeness (QED) is 0.217. The van der Waals surface area contributed by atoms with E-state index in [1.807, 2.05) is 6.92 Å². The molecular weight excluding hydrogens is 392 g/mol. The van der Waals surface area contributed by atoms with Gasteiger partial charge >= 0.3 is 11.6 Å². The van der Waals surface area contributed by atoms with Crippen LogP contribution in [-0.2, 0) is 0 Å². The fraction of sp³-hybridized carbons (Fsp3) is 0.190. The van der Waals surface area contributed by atoms with Gasteiger partial charge in [0, 0.05) is 29.6 Å². The third-order valence-electron chi connectivity index (χ3n) is 4.34. The second-order valence-corrected chi connectivity index (χ2v) is 6.55. The van der Waals surface area contributed by atoms with Gasteiger partial charge < -0.3 is 14.5 Å². The summed E-state index contributed by atoms with van der Waals surface area (Å²) in [6, 6.07) is 9.77. The van der Waals surface area contributed by atoms with Crippen LogP contribution in [0.3, 0.4) is 0 Å². The highest BCUT2D eigenvalue weighted by molar-refractivity contribution is 5.97. The SMILES string of the molecule is CCCNC(=O)c1cc2ccc(OC(=O)c3ccc(C)c([N+](=O)[O-])c3)cc2oc1=O. The number of nitrogens with zero attached hydrogens (tertiary/aromatic N) is 1. The van der Waals surface area contributed by atoms with Gasteiger partial charge in [-0.1, -0.05) is 13.0 Å². The third-order valence-corrected chi connectivity index (χ3v) is 4.34. The molecule has 9 heteroatoms. The van der Waals surface area contributed by atoms with Gasteiger partial charge in [0.2, 0.25) is 0 Å². The Bertz CT molecular complexity index is 1210. The number of amides is 1. The Labute approximate surface area is 170 Å². The zero-order valence-electron chi connectivity index (χ0n) is 16.3. The minimum Gasteiger partial charge on any atom is -0.423 e. The number of hydrogen-bond acceptors (Lipinski definition) is 7. The van der Waals surface area contributed by atoms with E-state index >= 15 is 0 Å². The lowest BCUT2D eigenvalue weighted by Gasteiger charge is -2.07. The van der Waals surface area contributed by atoms with Crippen LogP contribution in [0.4, 0.5) is 5.69 Å². The highest BCUT2D eigenvalue weighted by Gasteiger charge is 2.18. The molecule has 0 radical (unpaired) electrons. The Balaban J connectivity index is 1.86. The van der Waals surface area contributed by atoms with Crippen molar-refractivity contribution in [2.24, 2.45) is 0 Å². The van der Waals surface area contributed by atoms with Crippen LogP contribution in [0.15, 0.2) is 51.7 Å². The zero-order chi connectivity index (χ0) is 21.8. The number of aryl methyl sites for hydroxylation is 1. The zero-order valence-corrected chi connectivity index (χ0v) is 16.3. The topological polar surface area (TPSA) is 129 Å². The van der Waals surface area contributed by atoms with Crippen LogP contribution in [0.1, 0.15) is 39.6 Å². The number of hydrogen-bond donors (Lipinski definition) is 1. The molecule has 9 nitrogen and oxygen atoms in total. The molecule has 1 heterocycles. The Morgan fingerprint density at radius 1 is 1.17 bits per heavy atom. The van der Waals surface area contributed by atoms with E-state index in [2.05, 4.69) is 5.32 Å². The van der Waals surface area contributed by atoms with Crippen LogP contribution in [0.25, 0.3) is 11.0 Å². The van der Waals surface area contributed by atoms with Crippen molar-refractivity contribution >= 4 is 28.5 Å². The molecule has 0 unspecified atom stereocenters. The molecule has 2 aromatic carbocycles. The summed E-state index contributed by atoms with van der Waals surface area (Å²) in [6.07, 6.45) is 0.726. The van der Waals surface area contributed by atoms with Crippen LogP contribution in [0.5, 0.6) is 5.75 Å². The lowest BCUT2D eigenvalue weighted by Crippen LogP contribution is -2.28. The van der Waals surface area contributed by atoms with Gasteiger partial charge in [-0.3, -0.25) is 14.9 Å². The van der Waals surface area contributed by atoms with Gasteiger partial charge in [-0.05, 0) is 37.6 Å². The summed E-state index contributed by atoms with van der Waals surface area (Å²) in [4.78, 5) is 47.0. The number of carbonyl (C=O) groups excluding carboxylic acids is 2. The molecule has 1 amide bonds. The largest absolute Gasteiger partial charge is 0.423 e. The van der Waals surface area contributed by atoms with E-state index in [-0.39, 0.29) is 28.1 Å². The third kappa shape index (κ3) is 4.35. The van der Waals surface area contributed by atoms with Crippen LogP contribution < -0.4 is 15.7 Å². The normalized spacial score (nSPS) is 10.6. The van der Waals surface area contributed by atoms with Gasteiger partial charge in [-0.25, -0.2) is 9.59 Å².